The fourth-order valence-electron chi connectivity index (χ4n) is 1.86. The lowest BCUT2D eigenvalue weighted by Crippen LogP contribution is -1.94. The van der Waals surface area contributed by atoms with Crippen molar-refractivity contribution in [3.05, 3.63) is 45.8 Å². The van der Waals surface area contributed by atoms with Gasteiger partial charge in [0.1, 0.15) is 11.3 Å². The smallest absolute Gasteiger partial charge is 0.147 e. The van der Waals surface area contributed by atoms with Gasteiger partial charge in [0, 0.05) is 16.3 Å². The molecule has 1 aromatic heterocycles. The lowest BCUT2D eigenvalue weighted by Gasteiger charge is -2.07. The van der Waals surface area contributed by atoms with Crippen LogP contribution in [0.5, 0.6) is 0 Å². The molecule has 0 radical (unpaired) electrons. The first-order valence-electron chi connectivity index (χ1n) is 5.65. The van der Waals surface area contributed by atoms with Crippen LogP contribution in [0.15, 0.2) is 36.4 Å². The molecule has 3 rings (SSSR count). The van der Waals surface area contributed by atoms with Crippen molar-refractivity contribution in [2.45, 2.75) is 0 Å². The third-order valence-electron chi connectivity index (χ3n) is 2.82. The summed E-state index contributed by atoms with van der Waals surface area (Å²) in [5, 5.41) is 11.0. The zero-order valence-corrected chi connectivity index (χ0v) is 12.2. The number of nitrogens with one attached hydrogen (secondary N) is 1. The van der Waals surface area contributed by atoms with Gasteiger partial charge in [0.25, 0.3) is 0 Å². The largest absolute Gasteiger partial charge is 0.353 e. The van der Waals surface area contributed by atoms with Crippen LogP contribution in [0.2, 0.25) is 0 Å². The van der Waals surface area contributed by atoms with E-state index in [1.165, 1.54) is 6.07 Å². The second kappa shape index (κ2) is 4.76. The minimum absolute atomic E-state index is 0.272. The molecule has 19 heavy (non-hydrogen) atoms. The Balaban J connectivity index is 1.96. The second-order valence-corrected chi connectivity index (χ2v) is 5.41. The first kappa shape index (κ1) is 12.3. The maximum Gasteiger partial charge on any atom is 0.147 e. The summed E-state index contributed by atoms with van der Waals surface area (Å²) in [6, 6.07) is 10.7. The number of aryl methyl sites for hydroxylation is 1. The summed E-state index contributed by atoms with van der Waals surface area (Å²) >= 11 is 2.08. The predicted molar refractivity (Wildman–Crippen MR) is 80.9 cm³/mol. The van der Waals surface area contributed by atoms with Crippen LogP contribution in [0.3, 0.4) is 0 Å². The molecular formula is C13H10FIN4. The molecule has 3 aromatic rings. The second-order valence-electron chi connectivity index (χ2n) is 4.17. The fourth-order valence-corrected chi connectivity index (χ4v) is 2.32. The summed E-state index contributed by atoms with van der Waals surface area (Å²) in [5.41, 5.74) is 2.95. The SMILES string of the molecule is Cn1nnc2cc(Nc3ccc(I)cc3F)ccc21. The van der Waals surface area contributed by atoms with Gasteiger partial charge in [-0.1, -0.05) is 5.21 Å². The number of hydrogen-bond acceptors (Lipinski definition) is 3. The topological polar surface area (TPSA) is 42.7 Å². The van der Waals surface area contributed by atoms with Gasteiger partial charge in [0.05, 0.1) is 11.2 Å². The zero-order chi connectivity index (χ0) is 13.4. The number of aromatic nitrogens is 3. The number of hydrogen-bond donors (Lipinski definition) is 1. The van der Waals surface area contributed by atoms with Crippen LogP contribution in [0.4, 0.5) is 15.8 Å². The fraction of sp³-hybridized carbons (Fsp3) is 0.0769. The Morgan fingerprint density at radius 1 is 1.21 bits per heavy atom. The summed E-state index contributed by atoms with van der Waals surface area (Å²) in [6.45, 7) is 0. The first-order chi connectivity index (χ1) is 9.13. The van der Waals surface area contributed by atoms with Gasteiger partial charge in [0.2, 0.25) is 0 Å². The van der Waals surface area contributed by atoms with Crippen molar-refractivity contribution < 1.29 is 4.39 Å². The number of rotatable bonds is 2. The molecule has 96 valence electrons. The Labute approximate surface area is 122 Å². The maximum absolute atomic E-state index is 13.8. The predicted octanol–water partition coefficient (Wildman–Crippen LogP) is 3.46. The van der Waals surface area contributed by atoms with Crippen molar-refractivity contribution in [2.75, 3.05) is 5.32 Å². The van der Waals surface area contributed by atoms with Crippen molar-refractivity contribution in [1.82, 2.24) is 15.0 Å². The number of anilines is 2. The molecule has 0 fully saturated rings. The van der Waals surface area contributed by atoms with Gasteiger partial charge in [-0.15, -0.1) is 5.10 Å². The summed E-state index contributed by atoms with van der Waals surface area (Å²) in [7, 11) is 1.83. The molecule has 0 aliphatic heterocycles. The van der Waals surface area contributed by atoms with E-state index in [2.05, 4.69) is 38.2 Å². The lowest BCUT2D eigenvalue weighted by molar-refractivity contribution is 0.631. The summed E-state index contributed by atoms with van der Waals surface area (Å²) < 4.78 is 16.3. The average molecular weight is 368 g/mol. The van der Waals surface area contributed by atoms with Crippen LogP contribution in [0.1, 0.15) is 0 Å². The molecule has 0 spiro atoms. The van der Waals surface area contributed by atoms with E-state index in [9.17, 15) is 4.39 Å². The van der Waals surface area contributed by atoms with Crippen molar-refractivity contribution in [3.63, 3.8) is 0 Å². The molecule has 4 nitrogen and oxygen atoms in total. The molecule has 6 heteroatoms. The van der Waals surface area contributed by atoms with Crippen molar-refractivity contribution in [2.24, 2.45) is 7.05 Å². The molecular weight excluding hydrogens is 358 g/mol. The average Bonchev–Trinajstić information content (AvgIpc) is 2.74. The van der Waals surface area contributed by atoms with Crippen LogP contribution in [0, 0.1) is 9.39 Å². The molecule has 0 saturated carbocycles. The van der Waals surface area contributed by atoms with E-state index in [-0.39, 0.29) is 5.82 Å². The summed E-state index contributed by atoms with van der Waals surface area (Å²) in [6.07, 6.45) is 0. The van der Waals surface area contributed by atoms with Crippen LogP contribution in [0.25, 0.3) is 11.0 Å². The zero-order valence-electron chi connectivity index (χ0n) is 10.1. The molecule has 0 aliphatic carbocycles. The number of halogens is 2. The maximum atomic E-state index is 13.8. The van der Waals surface area contributed by atoms with E-state index >= 15 is 0 Å². The Morgan fingerprint density at radius 3 is 2.84 bits per heavy atom. The van der Waals surface area contributed by atoms with Gasteiger partial charge in [0.15, 0.2) is 0 Å². The Bertz CT molecular complexity index is 753. The Morgan fingerprint density at radius 2 is 2.05 bits per heavy atom. The highest BCUT2D eigenvalue weighted by atomic mass is 127. The van der Waals surface area contributed by atoms with Gasteiger partial charge in [-0.3, -0.25) is 0 Å². The monoisotopic (exact) mass is 368 g/mol. The minimum Gasteiger partial charge on any atom is -0.353 e. The standard InChI is InChI=1S/C13H10FIN4/c1-19-13-5-3-9(7-12(13)17-18-19)16-11-4-2-8(15)6-10(11)14/h2-7,16H,1H3. The van der Waals surface area contributed by atoms with E-state index in [1.807, 2.05) is 31.3 Å². The highest BCUT2D eigenvalue weighted by molar-refractivity contribution is 14.1. The summed E-state index contributed by atoms with van der Waals surface area (Å²) in [4.78, 5) is 0. The minimum atomic E-state index is -0.272. The molecule has 1 N–H and O–H groups in total. The van der Waals surface area contributed by atoms with Crippen molar-refractivity contribution in [3.8, 4) is 0 Å². The molecule has 0 bridgehead atoms. The van der Waals surface area contributed by atoms with Gasteiger partial charge in [-0.25, -0.2) is 9.07 Å². The highest BCUT2D eigenvalue weighted by Crippen LogP contribution is 2.23. The third-order valence-corrected chi connectivity index (χ3v) is 3.49. The van der Waals surface area contributed by atoms with Gasteiger partial charge in [-0.2, -0.15) is 0 Å². The summed E-state index contributed by atoms with van der Waals surface area (Å²) in [5.74, 6) is -0.272. The van der Waals surface area contributed by atoms with Gasteiger partial charge < -0.3 is 5.32 Å². The number of benzene rings is 2. The van der Waals surface area contributed by atoms with Crippen LogP contribution < -0.4 is 5.32 Å². The van der Waals surface area contributed by atoms with Crippen LogP contribution >= 0.6 is 22.6 Å². The van der Waals surface area contributed by atoms with Gasteiger partial charge in [-0.05, 0) is 59.0 Å². The Hall–Kier alpha value is -1.70. The molecule has 0 amide bonds. The molecule has 0 saturated heterocycles. The molecule has 2 aromatic carbocycles. The van der Waals surface area contributed by atoms with E-state index in [0.29, 0.717) is 5.69 Å². The highest BCUT2D eigenvalue weighted by Gasteiger charge is 2.05. The van der Waals surface area contributed by atoms with E-state index in [0.717, 1.165) is 20.3 Å². The quantitative estimate of drug-likeness (QED) is 0.705. The van der Waals surface area contributed by atoms with Crippen molar-refractivity contribution >= 4 is 45.0 Å². The van der Waals surface area contributed by atoms with Crippen LogP contribution in [-0.2, 0) is 7.05 Å². The first-order valence-corrected chi connectivity index (χ1v) is 6.73. The van der Waals surface area contributed by atoms with E-state index in [4.69, 9.17) is 0 Å². The molecule has 0 aliphatic rings. The van der Waals surface area contributed by atoms with E-state index in [1.54, 1.807) is 10.7 Å². The number of nitrogens with zero attached hydrogens (tertiary/aromatic N) is 3. The molecule has 1 heterocycles. The van der Waals surface area contributed by atoms with Crippen LogP contribution in [-0.4, -0.2) is 15.0 Å². The van der Waals surface area contributed by atoms with Gasteiger partial charge >= 0.3 is 0 Å². The number of fused-ring (bicyclic) bond motifs is 1. The van der Waals surface area contributed by atoms with Crippen molar-refractivity contribution in [1.29, 1.82) is 0 Å². The van der Waals surface area contributed by atoms with E-state index < -0.39 is 0 Å². The Kier molecular flexibility index (Phi) is 3.09. The lowest BCUT2D eigenvalue weighted by atomic mass is 10.2. The molecule has 0 atom stereocenters. The third kappa shape index (κ3) is 2.40. The normalized spacial score (nSPS) is 10.9. The molecule has 0 unspecified atom stereocenters.